The molecule has 3 N–H and O–H groups in total. The minimum atomic E-state index is -0.707. The summed E-state index contributed by atoms with van der Waals surface area (Å²) in [4.78, 5) is 44.2. The lowest BCUT2D eigenvalue weighted by Gasteiger charge is -2.31. The molecule has 182 valence electrons. The summed E-state index contributed by atoms with van der Waals surface area (Å²) in [6, 6.07) is 25.0. The Balaban J connectivity index is 1.38. The van der Waals surface area contributed by atoms with E-state index in [1.165, 1.54) is 27.6 Å². The van der Waals surface area contributed by atoms with Crippen molar-refractivity contribution in [1.29, 1.82) is 0 Å². The number of aromatic nitrogens is 2. The summed E-state index contributed by atoms with van der Waals surface area (Å²) in [5.74, 6) is -0.459. The molecule has 0 unspecified atom stereocenters. The summed E-state index contributed by atoms with van der Waals surface area (Å²) in [6.07, 6.45) is 0.973. The van der Waals surface area contributed by atoms with Crippen molar-refractivity contribution in [1.82, 2.24) is 9.55 Å². The van der Waals surface area contributed by atoms with Crippen molar-refractivity contribution >= 4 is 23.1 Å². The molecule has 2 heterocycles. The highest BCUT2D eigenvalue weighted by molar-refractivity contribution is 6.07. The van der Waals surface area contributed by atoms with Crippen LogP contribution in [0.2, 0.25) is 0 Å². The normalized spacial score (nSPS) is 12.8. The van der Waals surface area contributed by atoms with Crippen molar-refractivity contribution in [3.05, 3.63) is 122 Å². The van der Waals surface area contributed by atoms with Crippen LogP contribution in [0.1, 0.15) is 27.0 Å². The largest absolute Gasteiger partial charge is 0.383 e. The fraction of sp³-hybridized carbons (Fsp3) is 0.179. The number of nitrogen functional groups attached to an aromatic ring is 1. The molecule has 36 heavy (non-hydrogen) atoms. The topological polar surface area (TPSA) is 104 Å². The van der Waals surface area contributed by atoms with Gasteiger partial charge in [0.1, 0.15) is 5.82 Å². The number of rotatable bonds is 5. The number of aromatic amines is 1. The van der Waals surface area contributed by atoms with Gasteiger partial charge in [-0.2, -0.15) is 0 Å². The van der Waals surface area contributed by atoms with Crippen LogP contribution in [-0.4, -0.2) is 29.1 Å². The molecule has 0 saturated carbocycles. The van der Waals surface area contributed by atoms with E-state index >= 15 is 0 Å². The van der Waals surface area contributed by atoms with Crippen LogP contribution < -0.4 is 26.8 Å². The molecule has 0 saturated heterocycles. The van der Waals surface area contributed by atoms with Gasteiger partial charge in [-0.15, -0.1) is 0 Å². The third-order valence-corrected chi connectivity index (χ3v) is 6.65. The van der Waals surface area contributed by atoms with Crippen LogP contribution in [0.15, 0.2) is 88.5 Å². The summed E-state index contributed by atoms with van der Waals surface area (Å²) in [5.41, 5.74) is 9.82. The first-order valence-electron chi connectivity index (χ1n) is 11.8. The Bertz CT molecular complexity index is 1520. The molecule has 1 amide bonds. The first-order chi connectivity index (χ1) is 17.4. The van der Waals surface area contributed by atoms with Gasteiger partial charge in [-0.25, -0.2) is 4.79 Å². The molecular formula is C28H27N5O3. The van der Waals surface area contributed by atoms with Gasteiger partial charge in [-0.1, -0.05) is 54.6 Å². The van der Waals surface area contributed by atoms with E-state index in [1.54, 1.807) is 12.1 Å². The molecule has 8 heteroatoms. The zero-order valence-corrected chi connectivity index (χ0v) is 20.0. The Morgan fingerprint density at radius 1 is 0.944 bits per heavy atom. The summed E-state index contributed by atoms with van der Waals surface area (Å²) >= 11 is 0. The Kier molecular flexibility index (Phi) is 6.16. The molecule has 1 aliphatic rings. The number of hydrogen-bond acceptors (Lipinski definition) is 5. The molecule has 0 bridgehead atoms. The quantitative estimate of drug-likeness (QED) is 0.456. The van der Waals surface area contributed by atoms with Crippen molar-refractivity contribution in [2.75, 3.05) is 29.1 Å². The zero-order chi connectivity index (χ0) is 25.2. The minimum absolute atomic E-state index is 0.0627. The molecule has 1 aromatic heterocycles. The highest BCUT2D eigenvalue weighted by Gasteiger charge is 2.23. The van der Waals surface area contributed by atoms with E-state index in [1.807, 2.05) is 42.5 Å². The molecule has 4 aromatic rings. The van der Waals surface area contributed by atoms with Gasteiger partial charge in [0.15, 0.2) is 5.69 Å². The summed E-state index contributed by atoms with van der Waals surface area (Å²) in [7, 11) is 1.48. The fourth-order valence-electron chi connectivity index (χ4n) is 4.65. The highest BCUT2D eigenvalue weighted by atomic mass is 16.2. The highest BCUT2D eigenvalue weighted by Crippen LogP contribution is 2.25. The number of nitrogens with one attached hydrogen (secondary N) is 1. The standard InChI is InChI=1S/C28H27N5O3/c1-31(24-25(29)33(28(36)30-26(24)34)17-19-7-3-2-4-8-19)27(35)21-11-13-23(14-12-21)32-16-15-20-9-5-6-10-22(20)18-32/h2-14H,15-18,29H2,1H3,(H,30,34,36). The number of H-pyrrole nitrogens is 1. The van der Waals surface area contributed by atoms with Crippen LogP contribution in [0.25, 0.3) is 0 Å². The molecule has 8 nitrogen and oxygen atoms in total. The van der Waals surface area contributed by atoms with E-state index in [0.717, 1.165) is 30.8 Å². The number of nitrogens with two attached hydrogens (primary N) is 1. The molecular weight excluding hydrogens is 454 g/mol. The molecule has 3 aromatic carbocycles. The van der Waals surface area contributed by atoms with Crippen LogP contribution >= 0.6 is 0 Å². The molecule has 0 aliphatic carbocycles. The van der Waals surface area contributed by atoms with Gasteiger partial charge < -0.3 is 15.5 Å². The maximum atomic E-state index is 13.3. The Morgan fingerprint density at radius 3 is 2.33 bits per heavy atom. The SMILES string of the molecule is CN(C(=O)c1ccc(N2CCc3ccccc3C2)cc1)c1c(N)n(Cc2ccccc2)c(=O)[nH]c1=O. The number of hydrogen-bond donors (Lipinski definition) is 2. The summed E-state index contributed by atoms with van der Waals surface area (Å²) in [5, 5.41) is 0. The van der Waals surface area contributed by atoms with Crippen LogP contribution in [0, 0.1) is 0 Å². The number of carbonyl (C=O) groups is 1. The zero-order valence-electron chi connectivity index (χ0n) is 20.0. The van der Waals surface area contributed by atoms with E-state index in [9.17, 15) is 14.4 Å². The maximum absolute atomic E-state index is 13.3. The molecule has 0 radical (unpaired) electrons. The van der Waals surface area contributed by atoms with Gasteiger partial charge in [0.25, 0.3) is 11.5 Å². The van der Waals surface area contributed by atoms with E-state index in [-0.39, 0.29) is 18.1 Å². The lowest BCUT2D eigenvalue weighted by molar-refractivity contribution is 0.0992. The second-order valence-corrected chi connectivity index (χ2v) is 8.92. The minimum Gasteiger partial charge on any atom is -0.383 e. The predicted molar refractivity (Wildman–Crippen MR) is 142 cm³/mol. The Hall–Kier alpha value is -4.59. The molecule has 0 spiro atoms. The number of anilines is 3. The van der Waals surface area contributed by atoms with Gasteiger partial charge in [-0.05, 0) is 47.4 Å². The van der Waals surface area contributed by atoms with Crippen molar-refractivity contribution in [2.45, 2.75) is 19.5 Å². The van der Waals surface area contributed by atoms with Crippen molar-refractivity contribution in [3.8, 4) is 0 Å². The molecule has 5 rings (SSSR count). The van der Waals surface area contributed by atoms with Gasteiger partial charge >= 0.3 is 5.69 Å². The maximum Gasteiger partial charge on any atom is 0.330 e. The van der Waals surface area contributed by atoms with Crippen molar-refractivity contribution in [3.63, 3.8) is 0 Å². The number of carbonyl (C=O) groups excluding carboxylic acids is 1. The van der Waals surface area contributed by atoms with E-state index in [0.29, 0.717) is 5.56 Å². The fourth-order valence-corrected chi connectivity index (χ4v) is 4.65. The first kappa shape index (κ1) is 23.2. The lowest BCUT2D eigenvalue weighted by atomic mass is 9.99. The smallest absolute Gasteiger partial charge is 0.330 e. The third-order valence-electron chi connectivity index (χ3n) is 6.65. The molecule has 0 fully saturated rings. The average Bonchev–Trinajstić information content (AvgIpc) is 2.91. The van der Waals surface area contributed by atoms with Crippen LogP contribution in [0.3, 0.4) is 0 Å². The van der Waals surface area contributed by atoms with Crippen LogP contribution in [0.5, 0.6) is 0 Å². The van der Waals surface area contributed by atoms with Crippen molar-refractivity contribution < 1.29 is 4.79 Å². The lowest BCUT2D eigenvalue weighted by Crippen LogP contribution is -2.39. The van der Waals surface area contributed by atoms with Gasteiger partial charge in [0.05, 0.1) is 6.54 Å². The number of benzene rings is 3. The Morgan fingerprint density at radius 2 is 1.61 bits per heavy atom. The number of fused-ring (bicyclic) bond motifs is 1. The van der Waals surface area contributed by atoms with Gasteiger partial charge in [0.2, 0.25) is 0 Å². The summed E-state index contributed by atoms with van der Waals surface area (Å²) in [6.45, 7) is 1.89. The van der Waals surface area contributed by atoms with Crippen molar-refractivity contribution in [2.24, 2.45) is 0 Å². The third kappa shape index (κ3) is 4.40. The van der Waals surface area contributed by atoms with Gasteiger partial charge in [0, 0.05) is 31.4 Å². The first-order valence-corrected chi connectivity index (χ1v) is 11.8. The van der Waals surface area contributed by atoms with Crippen LogP contribution in [-0.2, 0) is 19.5 Å². The summed E-state index contributed by atoms with van der Waals surface area (Å²) < 4.78 is 1.26. The molecule has 0 atom stereocenters. The van der Waals surface area contributed by atoms with E-state index < -0.39 is 17.2 Å². The molecule has 1 aliphatic heterocycles. The Labute approximate surface area is 208 Å². The van der Waals surface area contributed by atoms with Gasteiger partial charge in [-0.3, -0.25) is 19.1 Å². The predicted octanol–water partition coefficient (Wildman–Crippen LogP) is 3.01. The monoisotopic (exact) mass is 481 g/mol. The van der Waals surface area contributed by atoms with Crippen LogP contribution in [0.4, 0.5) is 17.2 Å². The van der Waals surface area contributed by atoms with E-state index in [2.05, 4.69) is 34.1 Å². The second kappa shape index (κ2) is 9.58. The second-order valence-electron chi connectivity index (χ2n) is 8.92. The van der Waals surface area contributed by atoms with E-state index in [4.69, 9.17) is 5.73 Å². The average molecular weight is 482 g/mol. The number of amides is 1. The number of nitrogens with zero attached hydrogens (tertiary/aromatic N) is 3.